The molecule has 0 aliphatic heterocycles. The Bertz CT molecular complexity index is 1440. The predicted molar refractivity (Wildman–Crippen MR) is 265 cm³/mol. The highest BCUT2D eigenvalue weighted by molar-refractivity contribution is 7.47. The number of hydrogen-bond donors (Lipinski definition) is 2. The molecule has 0 aromatic rings. The second kappa shape index (κ2) is 47.9. The summed E-state index contributed by atoms with van der Waals surface area (Å²) in [5, 5.41) is 0. The SMILES string of the molecule is CC/C=C\C/C=C\C/C=C\C/C=C\C/C=C\CCCCCCCCCCCC(=O)OC(COC(=O)CCC/C=C\C/C=C\C/C=C\C/C=C\C/C=C\CC)COP(=O)(O)OCCN. The van der Waals surface area contributed by atoms with E-state index in [4.69, 9.17) is 24.3 Å². The van der Waals surface area contributed by atoms with Crippen LogP contribution in [0.4, 0.5) is 0 Å². The first kappa shape index (κ1) is 59.4. The molecule has 2 atom stereocenters. The highest BCUT2D eigenvalue weighted by atomic mass is 31.2. The van der Waals surface area contributed by atoms with Crippen LogP contribution in [-0.4, -0.2) is 49.3 Å². The van der Waals surface area contributed by atoms with Crippen molar-refractivity contribution in [3.63, 3.8) is 0 Å². The van der Waals surface area contributed by atoms with Crippen molar-refractivity contribution in [3.05, 3.63) is 122 Å². The van der Waals surface area contributed by atoms with Crippen LogP contribution in [0.25, 0.3) is 0 Å². The van der Waals surface area contributed by atoms with Gasteiger partial charge in [0.1, 0.15) is 6.61 Å². The van der Waals surface area contributed by atoms with E-state index in [1.54, 1.807) is 0 Å². The molecule has 0 aromatic carbocycles. The number of nitrogens with two attached hydrogens (primary N) is 1. The Labute approximate surface area is 383 Å². The summed E-state index contributed by atoms with van der Waals surface area (Å²) in [4.78, 5) is 35.0. The number of allylic oxidation sites excluding steroid dienone is 20. The van der Waals surface area contributed by atoms with E-state index in [1.165, 1.54) is 32.1 Å². The molecule has 0 aliphatic rings. The van der Waals surface area contributed by atoms with Gasteiger partial charge in [-0.15, -0.1) is 0 Å². The zero-order chi connectivity index (χ0) is 46.0. The maximum Gasteiger partial charge on any atom is 0.472 e. The molecule has 0 bridgehead atoms. The van der Waals surface area contributed by atoms with Crippen LogP contribution in [0.3, 0.4) is 0 Å². The first-order valence-electron chi connectivity index (χ1n) is 24.0. The summed E-state index contributed by atoms with van der Waals surface area (Å²) >= 11 is 0. The van der Waals surface area contributed by atoms with Gasteiger partial charge in [-0.2, -0.15) is 0 Å². The van der Waals surface area contributed by atoms with Gasteiger partial charge in [0.25, 0.3) is 0 Å². The van der Waals surface area contributed by atoms with Crippen molar-refractivity contribution in [3.8, 4) is 0 Å². The van der Waals surface area contributed by atoms with Crippen molar-refractivity contribution in [1.82, 2.24) is 0 Å². The third-order valence-corrected chi connectivity index (χ3v) is 10.3. The Balaban J connectivity index is 4.19. The van der Waals surface area contributed by atoms with Crippen LogP contribution in [-0.2, 0) is 32.7 Å². The molecule has 0 amide bonds. The van der Waals surface area contributed by atoms with Gasteiger partial charge < -0.3 is 20.1 Å². The van der Waals surface area contributed by atoms with Crippen LogP contribution in [0.2, 0.25) is 0 Å². The van der Waals surface area contributed by atoms with Gasteiger partial charge >= 0.3 is 19.8 Å². The standard InChI is InChI=1S/C53H86NO8P/c1-3-5-7-9-11-13-15-17-19-21-22-23-24-25-26-27-28-30-32-34-36-38-40-42-44-46-53(56)62-51(50-61-63(57,58)60-48-47-54)49-59-52(55)45-43-41-39-37-35-33-31-29-20-18-16-14-12-10-8-6-4-2/h5-8,11-14,17-20,22-23,25-26,31,33,37,39,51H,3-4,9-10,15-16,21,24,27-30,32,34-36,38,40-50,54H2,1-2H3,(H,57,58)/b7-5-,8-6-,13-11-,14-12-,19-17-,20-18-,23-22-,26-25-,33-31-,39-37-. The minimum Gasteiger partial charge on any atom is -0.462 e. The lowest BCUT2D eigenvalue weighted by molar-refractivity contribution is -0.161. The number of hydrogen-bond acceptors (Lipinski definition) is 8. The van der Waals surface area contributed by atoms with Crippen molar-refractivity contribution in [2.24, 2.45) is 5.73 Å². The average molecular weight is 896 g/mol. The van der Waals surface area contributed by atoms with Gasteiger partial charge in [0, 0.05) is 19.4 Å². The molecule has 2 unspecified atom stereocenters. The molecule has 0 heterocycles. The van der Waals surface area contributed by atoms with Gasteiger partial charge in [-0.05, 0) is 96.3 Å². The maximum absolute atomic E-state index is 12.6. The minimum atomic E-state index is -4.40. The molecule has 356 valence electrons. The van der Waals surface area contributed by atoms with Gasteiger partial charge in [0.15, 0.2) is 6.10 Å². The summed E-state index contributed by atoms with van der Waals surface area (Å²) in [6.45, 7) is 3.41. The molecule has 0 rings (SSSR count). The normalized spacial score (nSPS) is 14.3. The monoisotopic (exact) mass is 896 g/mol. The number of phosphoric acid groups is 1. The van der Waals surface area contributed by atoms with Crippen molar-refractivity contribution < 1.29 is 37.6 Å². The van der Waals surface area contributed by atoms with E-state index < -0.39 is 32.5 Å². The van der Waals surface area contributed by atoms with Crippen molar-refractivity contribution >= 4 is 19.8 Å². The van der Waals surface area contributed by atoms with Crippen LogP contribution in [0.5, 0.6) is 0 Å². The van der Waals surface area contributed by atoms with Crippen molar-refractivity contribution in [1.29, 1.82) is 0 Å². The van der Waals surface area contributed by atoms with Crippen LogP contribution in [0.15, 0.2) is 122 Å². The quantitative estimate of drug-likeness (QED) is 0.0265. The van der Waals surface area contributed by atoms with Gasteiger partial charge in [-0.25, -0.2) is 4.57 Å². The van der Waals surface area contributed by atoms with E-state index in [1.807, 2.05) is 6.08 Å². The Morgan fingerprint density at radius 3 is 1.27 bits per heavy atom. The molecule has 9 nitrogen and oxygen atoms in total. The van der Waals surface area contributed by atoms with E-state index in [0.29, 0.717) is 12.8 Å². The molecule has 0 saturated carbocycles. The van der Waals surface area contributed by atoms with Gasteiger partial charge in [0.2, 0.25) is 0 Å². The number of phosphoric ester groups is 1. The predicted octanol–water partition coefficient (Wildman–Crippen LogP) is 14.5. The highest BCUT2D eigenvalue weighted by Crippen LogP contribution is 2.43. The first-order valence-corrected chi connectivity index (χ1v) is 25.5. The summed E-state index contributed by atoms with van der Waals surface area (Å²) < 4.78 is 32.8. The van der Waals surface area contributed by atoms with Crippen LogP contribution < -0.4 is 5.73 Å². The Hall–Kier alpha value is -3.59. The summed E-state index contributed by atoms with van der Waals surface area (Å²) in [6.07, 6.45) is 65.2. The molecule has 0 saturated heterocycles. The zero-order valence-electron chi connectivity index (χ0n) is 39.3. The molecule has 0 aromatic heterocycles. The zero-order valence-corrected chi connectivity index (χ0v) is 40.1. The fourth-order valence-corrected chi connectivity index (χ4v) is 6.64. The number of carbonyl (C=O) groups is 2. The topological polar surface area (TPSA) is 134 Å². The number of esters is 2. The third-order valence-electron chi connectivity index (χ3n) is 9.34. The van der Waals surface area contributed by atoms with Crippen molar-refractivity contribution in [2.75, 3.05) is 26.4 Å². The highest BCUT2D eigenvalue weighted by Gasteiger charge is 2.26. The molecular weight excluding hydrogens is 810 g/mol. The molecule has 0 spiro atoms. The lowest BCUT2D eigenvalue weighted by atomic mass is 10.1. The fourth-order valence-electron chi connectivity index (χ4n) is 5.87. The summed E-state index contributed by atoms with van der Waals surface area (Å²) in [7, 11) is -4.40. The largest absolute Gasteiger partial charge is 0.472 e. The molecule has 10 heteroatoms. The molecular formula is C53H86NO8P. The summed E-state index contributed by atoms with van der Waals surface area (Å²) in [5.41, 5.74) is 5.36. The molecule has 63 heavy (non-hydrogen) atoms. The first-order chi connectivity index (χ1) is 30.8. The smallest absolute Gasteiger partial charge is 0.462 e. The second-order valence-electron chi connectivity index (χ2n) is 15.2. The molecule has 3 N–H and O–H groups in total. The summed E-state index contributed by atoms with van der Waals surface area (Å²) in [5.74, 6) is -0.915. The van der Waals surface area contributed by atoms with Crippen LogP contribution in [0.1, 0.15) is 168 Å². The van der Waals surface area contributed by atoms with Gasteiger partial charge in [0.05, 0.1) is 13.2 Å². The van der Waals surface area contributed by atoms with Gasteiger partial charge in [-0.3, -0.25) is 18.6 Å². The lowest BCUT2D eigenvalue weighted by Crippen LogP contribution is -2.29. The van der Waals surface area contributed by atoms with Gasteiger partial charge in [-0.1, -0.05) is 180 Å². The van der Waals surface area contributed by atoms with Crippen LogP contribution in [0, 0.1) is 0 Å². The number of rotatable bonds is 43. The second-order valence-corrected chi connectivity index (χ2v) is 16.7. The van der Waals surface area contributed by atoms with E-state index in [9.17, 15) is 19.0 Å². The van der Waals surface area contributed by atoms with Crippen LogP contribution >= 0.6 is 7.82 Å². The van der Waals surface area contributed by atoms with E-state index >= 15 is 0 Å². The number of ether oxygens (including phenoxy) is 2. The maximum atomic E-state index is 12.6. The average Bonchev–Trinajstić information content (AvgIpc) is 3.27. The Kier molecular flexibility index (Phi) is 45.2. The Morgan fingerprint density at radius 2 is 0.841 bits per heavy atom. The van der Waals surface area contributed by atoms with Crippen molar-refractivity contribution in [2.45, 2.75) is 174 Å². The number of unbranched alkanes of at least 4 members (excludes halogenated alkanes) is 10. The number of carbonyl (C=O) groups excluding carboxylic acids is 2. The molecule has 0 aliphatic carbocycles. The molecule has 0 radical (unpaired) electrons. The third kappa shape index (κ3) is 47.7. The van der Waals surface area contributed by atoms with E-state index in [2.05, 4.69) is 129 Å². The fraction of sp³-hybridized carbons (Fsp3) is 0.585. The summed E-state index contributed by atoms with van der Waals surface area (Å²) in [6, 6.07) is 0. The van der Waals surface area contributed by atoms with E-state index in [0.717, 1.165) is 96.3 Å². The lowest BCUT2D eigenvalue weighted by Gasteiger charge is -2.19. The minimum absolute atomic E-state index is 0.0377. The molecule has 0 fully saturated rings. The Morgan fingerprint density at radius 1 is 0.476 bits per heavy atom. The van der Waals surface area contributed by atoms with E-state index in [-0.39, 0.29) is 32.6 Å².